The van der Waals surface area contributed by atoms with Crippen LogP contribution in [0.15, 0.2) is 6.20 Å². The van der Waals surface area contributed by atoms with Gasteiger partial charge in [-0.25, -0.2) is 4.98 Å². The molecule has 1 aromatic rings. The molecule has 1 heterocycles. The molecule has 1 saturated carbocycles. The lowest BCUT2D eigenvalue weighted by atomic mass is 10.2. The van der Waals surface area contributed by atoms with E-state index >= 15 is 0 Å². The van der Waals surface area contributed by atoms with Crippen LogP contribution in [0.4, 0.5) is 5.95 Å². The van der Waals surface area contributed by atoms with E-state index in [0.717, 1.165) is 17.9 Å². The summed E-state index contributed by atoms with van der Waals surface area (Å²) in [5.41, 5.74) is 6.52. The first-order valence-electron chi connectivity index (χ1n) is 4.45. The topological polar surface area (TPSA) is 61.0 Å². The molecule has 2 N–H and O–H groups in total. The molecular formula is C9H13N3O. The number of nitrogen functional groups attached to an aromatic ring is 1. The average Bonchev–Trinajstić information content (AvgIpc) is 2.92. The van der Waals surface area contributed by atoms with Gasteiger partial charge in [-0.3, -0.25) is 0 Å². The number of methoxy groups -OCH3 is 1. The van der Waals surface area contributed by atoms with Gasteiger partial charge >= 0.3 is 0 Å². The number of hydrogen-bond donors (Lipinski definition) is 1. The SMILES string of the molecule is COc1nc(N)ncc1CC1CC1. The van der Waals surface area contributed by atoms with Crippen LogP contribution >= 0.6 is 0 Å². The van der Waals surface area contributed by atoms with E-state index in [-0.39, 0.29) is 5.95 Å². The Labute approximate surface area is 77.1 Å². The molecule has 1 aromatic heterocycles. The van der Waals surface area contributed by atoms with Crippen LogP contribution in [0.1, 0.15) is 18.4 Å². The number of nitrogens with two attached hydrogens (primary N) is 1. The number of hydrogen-bond acceptors (Lipinski definition) is 4. The highest BCUT2D eigenvalue weighted by molar-refractivity contribution is 5.30. The number of rotatable bonds is 3. The van der Waals surface area contributed by atoms with E-state index < -0.39 is 0 Å². The van der Waals surface area contributed by atoms with Gasteiger partial charge in [0.05, 0.1) is 7.11 Å². The third kappa shape index (κ3) is 1.88. The fourth-order valence-corrected chi connectivity index (χ4v) is 1.35. The molecule has 0 amide bonds. The fourth-order valence-electron chi connectivity index (χ4n) is 1.35. The lowest BCUT2D eigenvalue weighted by Crippen LogP contribution is -2.02. The highest BCUT2D eigenvalue weighted by Crippen LogP contribution is 2.34. The fraction of sp³-hybridized carbons (Fsp3) is 0.556. The summed E-state index contributed by atoms with van der Waals surface area (Å²) in [4.78, 5) is 7.97. The number of anilines is 1. The van der Waals surface area contributed by atoms with Gasteiger partial charge in [0, 0.05) is 11.8 Å². The summed E-state index contributed by atoms with van der Waals surface area (Å²) in [7, 11) is 1.61. The van der Waals surface area contributed by atoms with Gasteiger partial charge in [0.25, 0.3) is 0 Å². The van der Waals surface area contributed by atoms with Crippen molar-refractivity contribution in [2.24, 2.45) is 5.92 Å². The maximum Gasteiger partial charge on any atom is 0.223 e. The molecule has 4 heteroatoms. The van der Waals surface area contributed by atoms with Crippen molar-refractivity contribution in [3.63, 3.8) is 0 Å². The molecule has 0 aliphatic heterocycles. The van der Waals surface area contributed by atoms with Crippen molar-refractivity contribution in [1.82, 2.24) is 9.97 Å². The summed E-state index contributed by atoms with van der Waals surface area (Å²) in [6.45, 7) is 0. The molecule has 1 aliphatic carbocycles. The maximum atomic E-state index is 5.45. The quantitative estimate of drug-likeness (QED) is 0.752. The van der Waals surface area contributed by atoms with Gasteiger partial charge in [-0.15, -0.1) is 0 Å². The zero-order valence-corrected chi connectivity index (χ0v) is 7.66. The Morgan fingerprint density at radius 3 is 3.00 bits per heavy atom. The van der Waals surface area contributed by atoms with Crippen molar-refractivity contribution in [2.75, 3.05) is 12.8 Å². The smallest absolute Gasteiger partial charge is 0.223 e. The molecular weight excluding hydrogens is 166 g/mol. The average molecular weight is 179 g/mol. The summed E-state index contributed by atoms with van der Waals surface area (Å²) in [5.74, 6) is 1.71. The van der Waals surface area contributed by atoms with Crippen molar-refractivity contribution in [3.05, 3.63) is 11.8 Å². The van der Waals surface area contributed by atoms with Crippen molar-refractivity contribution in [1.29, 1.82) is 0 Å². The van der Waals surface area contributed by atoms with Crippen LogP contribution in [-0.4, -0.2) is 17.1 Å². The molecule has 0 spiro atoms. The van der Waals surface area contributed by atoms with Gasteiger partial charge in [0.1, 0.15) is 0 Å². The second kappa shape index (κ2) is 3.20. The zero-order valence-electron chi connectivity index (χ0n) is 7.66. The van der Waals surface area contributed by atoms with Gasteiger partial charge in [-0.1, -0.05) is 0 Å². The lowest BCUT2D eigenvalue weighted by Gasteiger charge is -2.05. The minimum atomic E-state index is 0.274. The van der Waals surface area contributed by atoms with E-state index in [4.69, 9.17) is 10.5 Å². The number of ether oxygens (including phenoxy) is 1. The number of aromatic nitrogens is 2. The van der Waals surface area contributed by atoms with E-state index in [1.807, 2.05) is 0 Å². The predicted octanol–water partition coefficient (Wildman–Crippen LogP) is 1.02. The molecule has 1 aliphatic rings. The molecule has 0 atom stereocenters. The van der Waals surface area contributed by atoms with Gasteiger partial charge in [-0.2, -0.15) is 4.98 Å². The molecule has 13 heavy (non-hydrogen) atoms. The molecule has 0 bridgehead atoms. The normalized spacial score (nSPS) is 15.8. The van der Waals surface area contributed by atoms with Gasteiger partial charge in [0.15, 0.2) is 0 Å². The monoisotopic (exact) mass is 179 g/mol. The van der Waals surface area contributed by atoms with E-state index in [1.54, 1.807) is 13.3 Å². The van der Waals surface area contributed by atoms with Crippen LogP contribution in [0.5, 0.6) is 5.88 Å². The van der Waals surface area contributed by atoms with Crippen LogP contribution in [0.2, 0.25) is 0 Å². The summed E-state index contributed by atoms with van der Waals surface area (Å²) in [6.07, 6.45) is 5.41. The Kier molecular flexibility index (Phi) is 2.04. The Morgan fingerprint density at radius 2 is 2.38 bits per heavy atom. The van der Waals surface area contributed by atoms with Gasteiger partial charge < -0.3 is 10.5 Å². The Bertz CT molecular complexity index is 310. The molecule has 2 rings (SSSR count). The standard InChI is InChI=1S/C9H13N3O/c1-13-8-7(4-6-2-3-6)5-11-9(10)12-8/h5-6H,2-4H2,1H3,(H2,10,11,12). The maximum absolute atomic E-state index is 5.45. The summed E-state index contributed by atoms with van der Waals surface area (Å²) in [5, 5.41) is 0. The van der Waals surface area contributed by atoms with E-state index in [0.29, 0.717) is 5.88 Å². The van der Waals surface area contributed by atoms with Crippen LogP contribution in [0.25, 0.3) is 0 Å². The van der Waals surface area contributed by atoms with Crippen LogP contribution in [0, 0.1) is 5.92 Å². The number of nitrogens with zero attached hydrogens (tertiary/aromatic N) is 2. The van der Waals surface area contributed by atoms with E-state index in [1.165, 1.54) is 12.8 Å². The third-order valence-corrected chi connectivity index (χ3v) is 2.24. The van der Waals surface area contributed by atoms with Crippen molar-refractivity contribution < 1.29 is 4.74 Å². The van der Waals surface area contributed by atoms with E-state index in [9.17, 15) is 0 Å². The van der Waals surface area contributed by atoms with E-state index in [2.05, 4.69) is 9.97 Å². The Balaban J connectivity index is 2.21. The minimum Gasteiger partial charge on any atom is -0.481 e. The summed E-state index contributed by atoms with van der Waals surface area (Å²) >= 11 is 0. The molecule has 70 valence electrons. The highest BCUT2D eigenvalue weighted by Gasteiger charge is 2.23. The minimum absolute atomic E-state index is 0.274. The Morgan fingerprint density at radius 1 is 1.62 bits per heavy atom. The molecule has 1 fully saturated rings. The third-order valence-electron chi connectivity index (χ3n) is 2.24. The second-order valence-corrected chi connectivity index (χ2v) is 3.41. The molecule has 0 aromatic carbocycles. The zero-order chi connectivity index (χ0) is 9.26. The molecule has 0 radical (unpaired) electrons. The molecule has 0 unspecified atom stereocenters. The predicted molar refractivity (Wildman–Crippen MR) is 49.4 cm³/mol. The summed E-state index contributed by atoms with van der Waals surface area (Å²) < 4.78 is 5.12. The first-order chi connectivity index (χ1) is 6.29. The van der Waals surface area contributed by atoms with Crippen LogP contribution in [-0.2, 0) is 6.42 Å². The lowest BCUT2D eigenvalue weighted by molar-refractivity contribution is 0.391. The summed E-state index contributed by atoms with van der Waals surface area (Å²) in [6, 6.07) is 0. The van der Waals surface area contributed by atoms with Crippen LogP contribution in [0.3, 0.4) is 0 Å². The second-order valence-electron chi connectivity index (χ2n) is 3.41. The first kappa shape index (κ1) is 8.29. The Hall–Kier alpha value is -1.32. The highest BCUT2D eigenvalue weighted by atomic mass is 16.5. The van der Waals surface area contributed by atoms with Gasteiger partial charge in [0.2, 0.25) is 11.8 Å². The first-order valence-corrected chi connectivity index (χ1v) is 4.45. The molecule has 0 saturated heterocycles. The van der Waals surface area contributed by atoms with Gasteiger partial charge in [-0.05, 0) is 25.2 Å². The van der Waals surface area contributed by atoms with Crippen LogP contribution < -0.4 is 10.5 Å². The van der Waals surface area contributed by atoms with Crippen molar-refractivity contribution in [3.8, 4) is 5.88 Å². The largest absolute Gasteiger partial charge is 0.481 e. The van der Waals surface area contributed by atoms with Crippen molar-refractivity contribution in [2.45, 2.75) is 19.3 Å². The van der Waals surface area contributed by atoms with Crippen molar-refractivity contribution >= 4 is 5.95 Å². The molecule has 4 nitrogen and oxygen atoms in total.